The van der Waals surface area contributed by atoms with E-state index in [0.29, 0.717) is 0 Å². The van der Waals surface area contributed by atoms with Crippen molar-refractivity contribution in [3.8, 4) is 0 Å². The summed E-state index contributed by atoms with van der Waals surface area (Å²) in [5.41, 5.74) is 5.44. The van der Waals surface area contributed by atoms with Gasteiger partial charge in [-0.3, -0.25) is 0 Å². The van der Waals surface area contributed by atoms with Crippen molar-refractivity contribution in [1.82, 2.24) is 0 Å². The lowest BCUT2D eigenvalue weighted by Gasteiger charge is -1.98. The highest BCUT2D eigenvalue weighted by molar-refractivity contribution is 5.85. The molecule has 0 aromatic carbocycles. The van der Waals surface area contributed by atoms with Crippen molar-refractivity contribution in [2.45, 2.75) is 71.1 Å². The maximum absolute atomic E-state index is 5.44. The summed E-state index contributed by atoms with van der Waals surface area (Å²) in [7, 11) is 0. The van der Waals surface area contributed by atoms with Crippen LogP contribution in [0.2, 0.25) is 0 Å². The molecular weight excluding hydrogens is 218 g/mol. The largest absolute Gasteiger partial charge is 0.330 e. The fourth-order valence-corrected chi connectivity index (χ4v) is 1.67. The first kappa shape index (κ1) is 18.4. The van der Waals surface area contributed by atoms with Crippen molar-refractivity contribution < 1.29 is 0 Å². The summed E-state index contributed by atoms with van der Waals surface area (Å²) < 4.78 is 0. The molecule has 0 bridgehead atoms. The van der Waals surface area contributed by atoms with Crippen molar-refractivity contribution in [3.63, 3.8) is 0 Å². The molecule has 2 heteroatoms. The summed E-state index contributed by atoms with van der Waals surface area (Å²) in [5, 5.41) is 0. The molecule has 0 atom stereocenters. The van der Waals surface area contributed by atoms with Gasteiger partial charge in [0.05, 0.1) is 0 Å². The number of hydrogen-bond acceptors (Lipinski definition) is 1. The Morgan fingerprint density at radius 1 is 0.750 bits per heavy atom. The van der Waals surface area contributed by atoms with Crippen molar-refractivity contribution in [2.75, 3.05) is 6.54 Å². The number of allylic oxidation sites excluding steroid dienone is 2. The molecule has 98 valence electrons. The molecule has 0 unspecified atom stereocenters. The number of unbranched alkanes of at least 4 members (excludes halogenated alkanes) is 8. The quantitative estimate of drug-likeness (QED) is 0.410. The van der Waals surface area contributed by atoms with Gasteiger partial charge in [0.1, 0.15) is 0 Å². The Morgan fingerprint density at radius 3 is 1.81 bits per heavy atom. The molecule has 0 amide bonds. The Bertz CT molecular complexity index is 135. The highest BCUT2D eigenvalue weighted by Gasteiger charge is 1.89. The molecule has 0 aliphatic carbocycles. The molecular formula is C14H30ClN. The van der Waals surface area contributed by atoms with Crippen molar-refractivity contribution >= 4 is 12.4 Å². The van der Waals surface area contributed by atoms with Crippen LogP contribution >= 0.6 is 12.4 Å². The van der Waals surface area contributed by atoms with Crippen molar-refractivity contribution in [3.05, 3.63) is 12.2 Å². The summed E-state index contributed by atoms with van der Waals surface area (Å²) in [6, 6.07) is 0. The molecule has 0 spiro atoms. The number of hydrogen-bond donors (Lipinski definition) is 1. The van der Waals surface area contributed by atoms with Crippen LogP contribution < -0.4 is 5.73 Å². The molecule has 2 N–H and O–H groups in total. The van der Waals surface area contributed by atoms with E-state index in [-0.39, 0.29) is 12.4 Å². The van der Waals surface area contributed by atoms with E-state index in [2.05, 4.69) is 19.1 Å². The average Bonchev–Trinajstić information content (AvgIpc) is 2.26. The highest BCUT2D eigenvalue weighted by Crippen LogP contribution is 2.07. The first-order valence-corrected chi connectivity index (χ1v) is 6.77. The highest BCUT2D eigenvalue weighted by atomic mass is 35.5. The van der Waals surface area contributed by atoms with E-state index in [0.717, 1.165) is 6.54 Å². The smallest absolute Gasteiger partial charge is 0.00773 e. The molecule has 0 radical (unpaired) electrons. The van der Waals surface area contributed by atoms with E-state index in [1.165, 1.54) is 64.2 Å². The zero-order valence-corrected chi connectivity index (χ0v) is 11.7. The molecule has 0 fully saturated rings. The lowest BCUT2D eigenvalue weighted by Crippen LogP contribution is -1.97. The molecule has 0 aromatic heterocycles. The SMILES string of the molecule is CCCC/C=C\CCCCCCCCN.Cl. The topological polar surface area (TPSA) is 26.0 Å². The fraction of sp³-hybridized carbons (Fsp3) is 0.857. The van der Waals surface area contributed by atoms with Crippen molar-refractivity contribution in [1.29, 1.82) is 0 Å². The summed E-state index contributed by atoms with van der Waals surface area (Å²) in [6.45, 7) is 3.11. The van der Waals surface area contributed by atoms with Gasteiger partial charge in [-0.15, -0.1) is 12.4 Å². The molecule has 0 heterocycles. The van der Waals surface area contributed by atoms with Crippen LogP contribution in [0.5, 0.6) is 0 Å². The Balaban J connectivity index is 0. The molecule has 0 saturated heterocycles. The molecule has 1 nitrogen and oxygen atoms in total. The van der Waals surface area contributed by atoms with E-state index in [9.17, 15) is 0 Å². The Hall–Kier alpha value is -0.0100. The second-order valence-corrected chi connectivity index (χ2v) is 4.31. The lowest BCUT2D eigenvalue weighted by atomic mass is 10.1. The second kappa shape index (κ2) is 17.4. The third-order valence-electron chi connectivity index (χ3n) is 2.72. The molecule has 0 aliphatic rings. The van der Waals surface area contributed by atoms with Crippen LogP contribution in [0.15, 0.2) is 12.2 Å². The first-order chi connectivity index (χ1) is 7.41. The van der Waals surface area contributed by atoms with Crippen LogP contribution in [-0.4, -0.2) is 6.54 Å². The molecule has 0 rings (SSSR count). The molecule has 0 aromatic rings. The van der Waals surface area contributed by atoms with E-state index < -0.39 is 0 Å². The van der Waals surface area contributed by atoms with Crippen molar-refractivity contribution in [2.24, 2.45) is 5.73 Å². The van der Waals surface area contributed by atoms with Gasteiger partial charge in [-0.05, 0) is 32.2 Å². The number of nitrogens with two attached hydrogens (primary N) is 1. The van der Waals surface area contributed by atoms with E-state index >= 15 is 0 Å². The van der Waals surface area contributed by atoms with Crippen LogP contribution in [0, 0.1) is 0 Å². The lowest BCUT2D eigenvalue weighted by molar-refractivity contribution is 0.600. The second-order valence-electron chi connectivity index (χ2n) is 4.31. The van der Waals surface area contributed by atoms with E-state index in [4.69, 9.17) is 5.73 Å². The fourth-order valence-electron chi connectivity index (χ4n) is 1.67. The summed E-state index contributed by atoms with van der Waals surface area (Å²) in [4.78, 5) is 0. The third-order valence-corrected chi connectivity index (χ3v) is 2.72. The van der Waals surface area contributed by atoms with Gasteiger partial charge >= 0.3 is 0 Å². The van der Waals surface area contributed by atoms with Crippen LogP contribution in [0.4, 0.5) is 0 Å². The van der Waals surface area contributed by atoms with E-state index in [1.807, 2.05) is 0 Å². The predicted octanol–water partition coefficient (Wildman–Crippen LogP) is 4.84. The van der Waals surface area contributed by atoms with Gasteiger partial charge in [-0.2, -0.15) is 0 Å². The molecule has 0 saturated carbocycles. The standard InChI is InChI=1S/C14H29N.ClH/c1-2-3-4-5-6-7-8-9-10-11-12-13-14-15;/h5-6H,2-4,7-15H2,1H3;1H/b6-5-;. The van der Waals surface area contributed by atoms with Crippen LogP contribution in [0.25, 0.3) is 0 Å². The maximum Gasteiger partial charge on any atom is -0.00773 e. The zero-order chi connectivity index (χ0) is 11.2. The number of halogens is 1. The van der Waals surface area contributed by atoms with Gasteiger partial charge in [0, 0.05) is 0 Å². The predicted molar refractivity (Wildman–Crippen MR) is 77.3 cm³/mol. The van der Waals surface area contributed by atoms with Crippen LogP contribution in [0.3, 0.4) is 0 Å². The first-order valence-electron chi connectivity index (χ1n) is 6.77. The maximum atomic E-state index is 5.44. The third kappa shape index (κ3) is 16.4. The van der Waals surface area contributed by atoms with Gasteiger partial charge in [0.2, 0.25) is 0 Å². The van der Waals surface area contributed by atoms with Gasteiger partial charge in [0.25, 0.3) is 0 Å². The number of rotatable bonds is 11. The Morgan fingerprint density at radius 2 is 1.25 bits per heavy atom. The molecule has 0 aliphatic heterocycles. The minimum atomic E-state index is 0. The Labute approximate surface area is 108 Å². The van der Waals surface area contributed by atoms with Gasteiger partial charge in [-0.25, -0.2) is 0 Å². The van der Waals surface area contributed by atoms with Gasteiger partial charge < -0.3 is 5.73 Å². The Kier molecular flexibility index (Phi) is 19.9. The summed E-state index contributed by atoms with van der Waals surface area (Å²) in [6.07, 6.45) is 18.0. The average molecular weight is 248 g/mol. The van der Waals surface area contributed by atoms with E-state index in [1.54, 1.807) is 0 Å². The monoisotopic (exact) mass is 247 g/mol. The minimum absolute atomic E-state index is 0. The minimum Gasteiger partial charge on any atom is -0.330 e. The van der Waals surface area contributed by atoms with Crippen LogP contribution in [0.1, 0.15) is 71.1 Å². The summed E-state index contributed by atoms with van der Waals surface area (Å²) in [5.74, 6) is 0. The zero-order valence-electron chi connectivity index (χ0n) is 10.9. The normalized spacial score (nSPS) is 10.6. The van der Waals surface area contributed by atoms with Gasteiger partial charge in [-0.1, -0.05) is 57.6 Å². The van der Waals surface area contributed by atoms with Crippen LogP contribution in [-0.2, 0) is 0 Å². The molecule has 16 heavy (non-hydrogen) atoms. The van der Waals surface area contributed by atoms with Gasteiger partial charge in [0.15, 0.2) is 0 Å². The summed E-state index contributed by atoms with van der Waals surface area (Å²) >= 11 is 0.